The second-order valence-electron chi connectivity index (χ2n) is 4.37. The summed E-state index contributed by atoms with van der Waals surface area (Å²) in [6.07, 6.45) is 1.75. The minimum absolute atomic E-state index is 0.00194. The van der Waals surface area contributed by atoms with E-state index in [0.29, 0.717) is 0 Å². The summed E-state index contributed by atoms with van der Waals surface area (Å²) in [6.45, 7) is 3.81. The van der Waals surface area contributed by atoms with Crippen molar-refractivity contribution in [1.29, 1.82) is 0 Å². The van der Waals surface area contributed by atoms with Crippen LogP contribution in [0.25, 0.3) is 10.1 Å². The van der Waals surface area contributed by atoms with E-state index >= 15 is 0 Å². The van der Waals surface area contributed by atoms with Crippen molar-refractivity contribution in [1.82, 2.24) is 5.32 Å². The number of fused-ring (bicyclic) bond motifs is 1. The minimum Gasteiger partial charge on any atom is -0.330 e. The van der Waals surface area contributed by atoms with Gasteiger partial charge < -0.3 is 5.32 Å². The molecule has 3 rings (SSSR count). The van der Waals surface area contributed by atoms with Gasteiger partial charge in [0.15, 0.2) is 0 Å². The molecule has 0 aliphatic carbocycles. The Morgan fingerprint density at radius 1 is 1.35 bits per heavy atom. The molecule has 2 nitrogen and oxygen atoms in total. The summed E-state index contributed by atoms with van der Waals surface area (Å²) < 4.78 is 1.25. The molecule has 0 saturated carbocycles. The Bertz CT molecular complexity index is 566. The van der Waals surface area contributed by atoms with Crippen molar-refractivity contribution in [2.75, 3.05) is 0 Å². The lowest BCUT2D eigenvalue weighted by molar-refractivity contribution is -0.122. The van der Waals surface area contributed by atoms with Crippen molar-refractivity contribution < 1.29 is 4.79 Å². The molecular formula is C14H13NOS. The number of thiophene rings is 1. The van der Waals surface area contributed by atoms with Crippen LogP contribution in [0.5, 0.6) is 0 Å². The van der Waals surface area contributed by atoms with Gasteiger partial charge in [0.2, 0.25) is 5.91 Å². The van der Waals surface area contributed by atoms with E-state index in [1.54, 1.807) is 11.3 Å². The Labute approximate surface area is 104 Å². The van der Waals surface area contributed by atoms with Gasteiger partial charge in [0.25, 0.3) is 0 Å². The number of nitrogens with one attached hydrogen (secondary N) is 1. The van der Waals surface area contributed by atoms with Crippen molar-refractivity contribution in [2.24, 2.45) is 0 Å². The van der Waals surface area contributed by atoms with Crippen LogP contribution in [-0.2, 0) is 4.79 Å². The smallest absolute Gasteiger partial charge is 0.232 e. The minimum atomic E-state index is -0.00194. The first kappa shape index (κ1) is 10.5. The lowest BCUT2D eigenvalue weighted by Gasteiger charge is -2.22. The molecule has 1 aliphatic rings. The van der Waals surface area contributed by atoms with Gasteiger partial charge in [-0.1, -0.05) is 24.8 Å². The van der Waals surface area contributed by atoms with E-state index in [4.69, 9.17) is 0 Å². The lowest BCUT2D eigenvalue weighted by Crippen LogP contribution is -2.32. The zero-order valence-corrected chi connectivity index (χ0v) is 10.2. The normalized spacial score (nSPS) is 20.6. The number of hydrogen-bond donors (Lipinski definition) is 1. The standard InChI is InChI=1S/C14H13NOS/c1-9-6-7-11(14(16)15-9)13-8-10-4-2-3-5-12(10)17-13/h2-5,8,11H,1,6-7H2,(H,15,16). The third-order valence-corrected chi connectivity index (χ3v) is 4.37. The molecule has 17 heavy (non-hydrogen) atoms. The van der Waals surface area contributed by atoms with E-state index in [9.17, 15) is 4.79 Å². The molecule has 1 unspecified atom stereocenters. The average molecular weight is 243 g/mol. The molecular weight excluding hydrogens is 230 g/mol. The summed E-state index contributed by atoms with van der Waals surface area (Å²) in [5.41, 5.74) is 0.840. The van der Waals surface area contributed by atoms with E-state index in [1.807, 2.05) is 12.1 Å². The Morgan fingerprint density at radius 3 is 2.94 bits per heavy atom. The Kier molecular flexibility index (Phi) is 2.48. The highest BCUT2D eigenvalue weighted by atomic mass is 32.1. The number of rotatable bonds is 1. The molecule has 3 heteroatoms. The van der Waals surface area contributed by atoms with Crippen molar-refractivity contribution in [3.63, 3.8) is 0 Å². The van der Waals surface area contributed by atoms with Crippen LogP contribution < -0.4 is 5.32 Å². The van der Waals surface area contributed by atoms with Crippen LogP contribution in [0, 0.1) is 0 Å². The Hall–Kier alpha value is -1.61. The van der Waals surface area contributed by atoms with Crippen LogP contribution in [-0.4, -0.2) is 5.91 Å². The monoisotopic (exact) mass is 243 g/mol. The Morgan fingerprint density at radius 2 is 2.18 bits per heavy atom. The summed E-state index contributed by atoms with van der Waals surface area (Å²) in [6, 6.07) is 10.4. The molecule has 0 bridgehead atoms. The number of benzene rings is 1. The predicted octanol–water partition coefficient (Wildman–Crippen LogP) is 3.41. The van der Waals surface area contributed by atoms with Crippen LogP contribution in [0.1, 0.15) is 23.6 Å². The van der Waals surface area contributed by atoms with Crippen molar-refractivity contribution in [3.8, 4) is 0 Å². The fraction of sp³-hybridized carbons (Fsp3) is 0.214. The molecule has 1 atom stereocenters. The van der Waals surface area contributed by atoms with Gasteiger partial charge in [-0.2, -0.15) is 0 Å². The van der Waals surface area contributed by atoms with Crippen molar-refractivity contribution in [2.45, 2.75) is 18.8 Å². The molecule has 1 N–H and O–H groups in total. The van der Waals surface area contributed by atoms with Crippen LogP contribution >= 0.6 is 11.3 Å². The first-order valence-corrected chi connectivity index (χ1v) is 6.53. The first-order valence-electron chi connectivity index (χ1n) is 5.71. The fourth-order valence-corrected chi connectivity index (χ4v) is 3.42. The van der Waals surface area contributed by atoms with E-state index < -0.39 is 0 Å². The van der Waals surface area contributed by atoms with Gasteiger partial charge in [-0.15, -0.1) is 11.3 Å². The maximum atomic E-state index is 11.9. The zero-order valence-electron chi connectivity index (χ0n) is 9.40. The second-order valence-corrected chi connectivity index (χ2v) is 5.49. The highest BCUT2D eigenvalue weighted by Crippen LogP contribution is 2.35. The summed E-state index contributed by atoms with van der Waals surface area (Å²) in [4.78, 5) is 13.1. The average Bonchev–Trinajstić information content (AvgIpc) is 2.72. The molecule has 1 saturated heterocycles. The van der Waals surface area contributed by atoms with E-state index in [2.05, 4.69) is 30.1 Å². The van der Waals surface area contributed by atoms with Gasteiger partial charge in [0, 0.05) is 15.3 Å². The summed E-state index contributed by atoms with van der Waals surface area (Å²) in [5.74, 6) is 0.0886. The van der Waals surface area contributed by atoms with Crippen LogP contribution in [0.2, 0.25) is 0 Å². The van der Waals surface area contributed by atoms with Crippen LogP contribution in [0.15, 0.2) is 42.6 Å². The molecule has 1 aromatic carbocycles. The molecule has 0 radical (unpaired) electrons. The molecule has 2 heterocycles. The van der Waals surface area contributed by atoms with E-state index in [0.717, 1.165) is 23.4 Å². The van der Waals surface area contributed by atoms with Crippen molar-refractivity contribution in [3.05, 3.63) is 47.5 Å². The topological polar surface area (TPSA) is 29.1 Å². The zero-order chi connectivity index (χ0) is 11.8. The molecule has 1 aliphatic heterocycles. The summed E-state index contributed by atoms with van der Waals surface area (Å²) in [5, 5.41) is 4.07. The van der Waals surface area contributed by atoms with Gasteiger partial charge in [0.1, 0.15) is 0 Å². The Balaban J connectivity index is 1.98. The molecule has 2 aromatic rings. The lowest BCUT2D eigenvalue weighted by atomic mass is 9.95. The van der Waals surface area contributed by atoms with Crippen LogP contribution in [0.4, 0.5) is 0 Å². The van der Waals surface area contributed by atoms with E-state index in [1.165, 1.54) is 10.1 Å². The summed E-state index contributed by atoms with van der Waals surface area (Å²) in [7, 11) is 0. The fourth-order valence-electron chi connectivity index (χ4n) is 2.22. The maximum Gasteiger partial charge on any atom is 0.232 e. The number of hydrogen-bond acceptors (Lipinski definition) is 2. The largest absolute Gasteiger partial charge is 0.330 e. The number of amides is 1. The predicted molar refractivity (Wildman–Crippen MR) is 71.1 cm³/mol. The molecule has 1 aromatic heterocycles. The maximum absolute atomic E-state index is 11.9. The molecule has 1 fully saturated rings. The molecule has 86 valence electrons. The SMILES string of the molecule is C=C1CCC(c2cc3ccccc3s2)C(=O)N1. The van der Waals surface area contributed by atoms with Gasteiger partial charge >= 0.3 is 0 Å². The first-order chi connectivity index (χ1) is 8.24. The summed E-state index contributed by atoms with van der Waals surface area (Å²) >= 11 is 1.72. The van der Waals surface area contributed by atoms with Gasteiger partial charge in [-0.05, 0) is 30.4 Å². The quantitative estimate of drug-likeness (QED) is 0.817. The highest BCUT2D eigenvalue weighted by Gasteiger charge is 2.26. The number of allylic oxidation sites excluding steroid dienone is 1. The highest BCUT2D eigenvalue weighted by molar-refractivity contribution is 7.19. The molecule has 1 amide bonds. The molecule has 0 spiro atoms. The van der Waals surface area contributed by atoms with Gasteiger partial charge in [-0.25, -0.2) is 0 Å². The van der Waals surface area contributed by atoms with Gasteiger partial charge in [0.05, 0.1) is 5.92 Å². The second kappa shape index (κ2) is 4.00. The number of carbonyl (C=O) groups is 1. The van der Waals surface area contributed by atoms with Crippen LogP contribution in [0.3, 0.4) is 0 Å². The number of carbonyl (C=O) groups excluding carboxylic acids is 1. The van der Waals surface area contributed by atoms with Crippen molar-refractivity contribution >= 4 is 27.3 Å². The van der Waals surface area contributed by atoms with E-state index in [-0.39, 0.29) is 11.8 Å². The number of piperidine rings is 1. The van der Waals surface area contributed by atoms with Gasteiger partial charge in [-0.3, -0.25) is 4.79 Å². The third-order valence-electron chi connectivity index (χ3n) is 3.14. The third kappa shape index (κ3) is 1.87.